The summed E-state index contributed by atoms with van der Waals surface area (Å²) in [5.74, 6) is 0. The third-order valence-electron chi connectivity index (χ3n) is 11.8. The number of anilines is 3. The maximum atomic E-state index is 4.25. The zero-order valence-corrected chi connectivity index (χ0v) is 23.2. The first-order valence-corrected chi connectivity index (χ1v) is 14.8. The van der Waals surface area contributed by atoms with Crippen LogP contribution >= 0.6 is 0 Å². The van der Waals surface area contributed by atoms with E-state index < -0.39 is 0 Å². The highest BCUT2D eigenvalue weighted by Gasteiger charge is 2.71. The number of para-hydroxylation sites is 3. The van der Waals surface area contributed by atoms with Gasteiger partial charge in [-0.15, -0.1) is 0 Å². The summed E-state index contributed by atoms with van der Waals surface area (Å²) in [7, 11) is 6.93. The molecule has 6 aliphatic rings. The molecule has 0 spiro atoms. The number of nitrogens with zero attached hydrogens (tertiary/aromatic N) is 3. The molecule has 0 radical (unpaired) electrons. The third kappa shape index (κ3) is 2.39. The van der Waals surface area contributed by atoms with Gasteiger partial charge in [-0.2, -0.15) is 0 Å². The van der Waals surface area contributed by atoms with E-state index in [-0.39, 0.29) is 28.6 Å². The summed E-state index contributed by atoms with van der Waals surface area (Å²) in [5, 5.41) is 12.2. The van der Waals surface area contributed by atoms with Crippen molar-refractivity contribution in [3.8, 4) is 0 Å². The molecule has 3 N–H and O–H groups in total. The molecule has 0 amide bonds. The van der Waals surface area contributed by atoms with Gasteiger partial charge in [0.25, 0.3) is 0 Å². The number of rotatable bonds is 2. The van der Waals surface area contributed by atoms with Crippen molar-refractivity contribution in [1.29, 1.82) is 0 Å². The molecule has 0 aliphatic carbocycles. The van der Waals surface area contributed by atoms with Crippen LogP contribution in [0.25, 0.3) is 0 Å². The van der Waals surface area contributed by atoms with Gasteiger partial charge in [-0.3, -0.25) is 14.7 Å². The first-order valence-electron chi connectivity index (χ1n) is 14.8. The minimum Gasteiger partial charge on any atom is -0.369 e. The van der Waals surface area contributed by atoms with Gasteiger partial charge < -0.3 is 16.0 Å². The summed E-state index contributed by atoms with van der Waals surface area (Å²) in [6, 6.07) is 25.5. The molecule has 0 unspecified atom stereocenters. The predicted octanol–water partition coefficient (Wildman–Crippen LogP) is 4.41. The third-order valence-corrected chi connectivity index (χ3v) is 11.8. The van der Waals surface area contributed by atoms with Crippen LogP contribution in [0.3, 0.4) is 0 Å². The van der Waals surface area contributed by atoms with Gasteiger partial charge in [-0.1, -0.05) is 54.6 Å². The molecular weight excluding hydrogens is 480 g/mol. The van der Waals surface area contributed by atoms with Crippen LogP contribution < -0.4 is 16.0 Å². The summed E-state index contributed by atoms with van der Waals surface area (Å²) in [6.07, 6.45) is 4.32. The Bertz CT molecular complexity index is 1520. The minimum absolute atomic E-state index is 0.00961. The second-order valence-electron chi connectivity index (χ2n) is 13.1. The van der Waals surface area contributed by atoms with E-state index in [2.05, 4.69) is 119 Å². The molecule has 39 heavy (non-hydrogen) atoms. The first kappa shape index (κ1) is 22.7. The molecule has 0 aromatic heterocycles. The van der Waals surface area contributed by atoms with Gasteiger partial charge in [0.2, 0.25) is 0 Å². The Balaban J connectivity index is 1.31. The maximum absolute atomic E-state index is 4.25. The lowest BCUT2D eigenvalue weighted by molar-refractivity contribution is 0.147. The zero-order valence-electron chi connectivity index (χ0n) is 23.2. The number of hydrogen-bond donors (Lipinski definition) is 3. The highest BCUT2D eigenvalue weighted by molar-refractivity contribution is 5.78. The van der Waals surface area contributed by atoms with Crippen molar-refractivity contribution in [1.82, 2.24) is 14.7 Å². The fourth-order valence-corrected chi connectivity index (χ4v) is 10.3. The van der Waals surface area contributed by atoms with Gasteiger partial charge in [0.1, 0.15) is 0 Å². The predicted molar refractivity (Wildman–Crippen MR) is 157 cm³/mol. The van der Waals surface area contributed by atoms with Crippen molar-refractivity contribution in [2.75, 3.05) is 56.7 Å². The summed E-state index contributed by atoms with van der Waals surface area (Å²) in [5.41, 5.74) is 9.96. The van der Waals surface area contributed by atoms with Gasteiger partial charge in [-0.25, -0.2) is 0 Å². The smallest absolute Gasteiger partial charge is 0.0933 e. The van der Waals surface area contributed by atoms with Crippen LogP contribution in [0.2, 0.25) is 0 Å². The van der Waals surface area contributed by atoms with Crippen LogP contribution in [-0.4, -0.2) is 74.0 Å². The molecule has 0 saturated carbocycles. The Kier molecular flexibility index (Phi) is 4.29. The van der Waals surface area contributed by atoms with Gasteiger partial charge >= 0.3 is 0 Å². The molecule has 200 valence electrons. The van der Waals surface area contributed by atoms with Crippen LogP contribution in [0.5, 0.6) is 0 Å². The number of fused-ring (bicyclic) bond motifs is 10. The van der Waals surface area contributed by atoms with Crippen LogP contribution in [-0.2, 0) is 16.2 Å². The van der Waals surface area contributed by atoms with Crippen LogP contribution in [0, 0.1) is 0 Å². The lowest BCUT2D eigenvalue weighted by Crippen LogP contribution is -2.60. The Morgan fingerprint density at radius 3 is 1.82 bits per heavy atom. The first-order chi connectivity index (χ1) is 19.0. The number of nitrogens with one attached hydrogen (secondary N) is 3. The molecule has 9 rings (SSSR count). The van der Waals surface area contributed by atoms with E-state index in [4.69, 9.17) is 0 Å². The van der Waals surface area contributed by atoms with Gasteiger partial charge in [0.05, 0.1) is 23.9 Å². The lowest BCUT2D eigenvalue weighted by Gasteiger charge is -2.48. The fourth-order valence-electron chi connectivity index (χ4n) is 10.3. The van der Waals surface area contributed by atoms with Crippen molar-refractivity contribution in [2.45, 2.75) is 54.0 Å². The molecule has 6 heterocycles. The number of likely N-dealkylation sites (tertiary alicyclic amines) is 3. The summed E-state index contributed by atoms with van der Waals surface area (Å²) in [6.45, 7) is 3.33. The van der Waals surface area contributed by atoms with Gasteiger partial charge in [0.15, 0.2) is 0 Å². The van der Waals surface area contributed by atoms with Crippen molar-refractivity contribution in [2.24, 2.45) is 0 Å². The highest BCUT2D eigenvalue weighted by Crippen LogP contribution is 2.67. The highest BCUT2D eigenvalue weighted by atomic mass is 15.4. The Hall–Kier alpha value is -3.06. The maximum Gasteiger partial charge on any atom is 0.0933 e. The summed E-state index contributed by atoms with van der Waals surface area (Å²) in [4.78, 5) is 7.70. The van der Waals surface area contributed by atoms with E-state index in [1.165, 1.54) is 46.6 Å². The average Bonchev–Trinajstić information content (AvgIpc) is 3.76. The molecule has 3 saturated heterocycles. The monoisotopic (exact) mass is 518 g/mol. The van der Waals surface area contributed by atoms with Crippen molar-refractivity contribution < 1.29 is 0 Å². The molecule has 0 bridgehead atoms. The lowest BCUT2D eigenvalue weighted by atomic mass is 9.54. The number of benzene rings is 3. The average molecular weight is 519 g/mol. The normalized spacial score (nSPS) is 37.9. The molecular formula is C33H38N6. The molecule has 6 atom stereocenters. The van der Waals surface area contributed by atoms with E-state index in [9.17, 15) is 0 Å². The van der Waals surface area contributed by atoms with Crippen LogP contribution in [0.1, 0.15) is 41.5 Å². The second-order valence-corrected chi connectivity index (χ2v) is 13.1. The molecule has 3 aromatic rings. The van der Waals surface area contributed by atoms with E-state index in [0.29, 0.717) is 6.17 Å². The minimum atomic E-state index is -0.0581. The summed E-state index contributed by atoms with van der Waals surface area (Å²) < 4.78 is 0. The standard InChI is InChI=1S/C33H38N6/c1-37-18-15-31(21-9-4-6-13-25(21)34-28(31)37)23-11-8-12-24-27(23)36-30-33(24,17-20-39(30)3)32-16-19-38(2)29(32)35-26-14-7-5-10-22(26)32/h4-14,28-30,34-36H,15-20H2,1-3H3/t28-,29-,30-,31-,32+,33+/m1/s1. The SMILES string of the molecule is CN1CC[C@]2(c3cccc4c3N[C@@H]3N(C)CC[C@]43[C@]34CCN(C)[C@H]3Nc3ccccc34)c3ccccc3N[C@H]12. The van der Waals surface area contributed by atoms with Crippen LogP contribution in [0.15, 0.2) is 66.7 Å². The summed E-state index contributed by atoms with van der Waals surface area (Å²) >= 11 is 0. The molecule has 3 fully saturated rings. The van der Waals surface area contributed by atoms with E-state index >= 15 is 0 Å². The van der Waals surface area contributed by atoms with Crippen molar-refractivity contribution in [3.05, 3.63) is 89.0 Å². The Morgan fingerprint density at radius 1 is 0.538 bits per heavy atom. The van der Waals surface area contributed by atoms with Crippen molar-refractivity contribution >= 4 is 17.1 Å². The molecule has 6 heteroatoms. The molecule has 6 aliphatic heterocycles. The van der Waals surface area contributed by atoms with Gasteiger partial charge in [0, 0.05) is 47.5 Å². The molecule has 6 nitrogen and oxygen atoms in total. The van der Waals surface area contributed by atoms with E-state index in [1.807, 2.05) is 0 Å². The fraction of sp³-hybridized carbons (Fsp3) is 0.455. The second kappa shape index (κ2) is 7.36. The topological polar surface area (TPSA) is 45.8 Å². The van der Waals surface area contributed by atoms with Gasteiger partial charge in [-0.05, 0) is 74.8 Å². The zero-order chi connectivity index (χ0) is 26.1. The molecule has 3 aromatic carbocycles. The number of hydrogen-bond acceptors (Lipinski definition) is 6. The largest absolute Gasteiger partial charge is 0.369 e. The van der Waals surface area contributed by atoms with E-state index in [0.717, 1.165) is 26.1 Å². The van der Waals surface area contributed by atoms with E-state index in [1.54, 1.807) is 5.56 Å². The number of likely N-dealkylation sites (N-methyl/N-ethyl adjacent to an activating group) is 3. The quantitative estimate of drug-likeness (QED) is 0.467. The van der Waals surface area contributed by atoms with Crippen molar-refractivity contribution in [3.63, 3.8) is 0 Å². The Labute approximate surface area is 231 Å². The Morgan fingerprint density at radius 2 is 1.05 bits per heavy atom. The van der Waals surface area contributed by atoms with Crippen LogP contribution in [0.4, 0.5) is 17.1 Å².